The van der Waals surface area contributed by atoms with E-state index in [1.807, 2.05) is 24.3 Å². The van der Waals surface area contributed by atoms with E-state index in [2.05, 4.69) is 0 Å². The summed E-state index contributed by atoms with van der Waals surface area (Å²) < 4.78 is 5.87. The van der Waals surface area contributed by atoms with Gasteiger partial charge in [-0.05, 0) is 47.5 Å². The van der Waals surface area contributed by atoms with Gasteiger partial charge in [0.2, 0.25) is 0 Å². The SMILES string of the molecule is O=C(c1ccc(Cl)cc1)[C@H]1[C@H](c2ccco2)C2(C(=O)c3ccccc3C2=O)[C@H]2c3ccccc3C=NN12. The van der Waals surface area contributed by atoms with Gasteiger partial charge in [0, 0.05) is 21.7 Å². The summed E-state index contributed by atoms with van der Waals surface area (Å²) in [7, 11) is 0. The fraction of sp³-hybridized carbons (Fsp3) is 0.133. The number of carbonyl (C=O) groups excluding carboxylic acids is 3. The quantitative estimate of drug-likeness (QED) is 0.261. The zero-order valence-corrected chi connectivity index (χ0v) is 20.1. The molecule has 3 aliphatic rings. The molecule has 0 saturated carbocycles. The molecule has 0 amide bonds. The first-order valence-corrected chi connectivity index (χ1v) is 12.3. The molecule has 1 saturated heterocycles. The summed E-state index contributed by atoms with van der Waals surface area (Å²) >= 11 is 6.09. The Kier molecular flexibility index (Phi) is 4.66. The number of Topliss-reactive ketones (excluding diaryl/α,β-unsaturated/α-hetero) is 3. The van der Waals surface area contributed by atoms with E-state index in [9.17, 15) is 14.4 Å². The predicted molar refractivity (Wildman–Crippen MR) is 137 cm³/mol. The van der Waals surface area contributed by atoms with Gasteiger partial charge in [0.1, 0.15) is 17.2 Å². The monoisotopic (exact) mass is 506 g/mol. The molecule has 7 rings (SSSR count). The number of rotatable bonds is 3. The third-order valence-corrected chi connectivity index (χ3v) is 8.07. The van der Waals surface area contributed by atoms with Crippen LogP contribution < -0.4 is 0 Å². The minimum atomic E-state index is -1.64. The molecule has 7 heteroatoms. The summed E-state index contributed by atoms with van der Waals surface area (Å²) in [6.07, 6.45) is 3.18. The van der Waals surface area contributed by atoms with Gasteiger partial charge >= 0.3 is 0 Å². The number of nitrogens with zero attached hydrogens (tertiary/aromatic N) is 2. The lowest BCUT2D eigenvalue weighted by atomic mass is 9.64. The van der Waals surface area contributed by atoms with Crippen LogP contribution in [0.3, 0.4) is 0 Å². The maximum atomic E-state index is 14.5. The molecule has 0 bridgehead atoms. The van der Waals surface area contributed by atoms with Gasteiger partial charge in [-0.15, -0.1) is 0 Å². The molecule has 1 aromatic heterocycles. The van der Waals surface area contributed by atoms with Crippen molar-refractivity contribution in [2.75, 3.05) is 0 Å². The molecule has 3 heterocycles. The summed E-state index contributed by atoms with van der Waals surface area (Å²) in [5.41, 5.74) is 1.06. The molecule has 4 aromatic rings. The molecule has 180 valence electrons. The first kappa shape index (κ1) is 21.9. The molecule has 3 atom stereocenters. The van der Waals surface area contributed by atoms with E-state index >= 15 is 0 Å². The van der Waals surface area contributed by atoms with Gasteiger partial charge in [0.25, 0.3) is 0 Å². The van der Waals surface area contributed by atoms with Crippen molar-refractivity contribution in [3.05, 3.63) is 130 Å². The van der Waals surface area contributed by atoms with E-state index in [0.717, 1.165) is 11.1 Å². The van der Waals surface area contributed by atoms with Crippen molar-refractivity contribution in [1.29, 1.82) is 0 Å². The lowest BCUT2D eigenvalue weighted by Gasteiger charge is -2.36. The van der Waals surface area contributed by atoms with Crippen LogP contribution in [-0.2, 0) is 0 Å². The Labute approximate surface area is 217 Å². The van der Waals surface area contributed by atoms with Crippen LogP contribution in [0.15, 0.2) is 101 Å². The van der Waals surface area contributed by atoms with Crippen LogP contribution in [0.25, 0.3) is 0 Å². The number of ketones is 3. The Morgan fingerprint density at radius 1 is 0.865 bits per heavy atom. The molecule has 0 unspecified atom stereocenters. The predicted octanol–water partition coefficient (Wildman–Crippen LogP) is 5.74. The molecule has 0 N–H and O–H groups in total. The van der Waals surface area contributed by atoms with Crippen LogP contribution in [0.4, 0.5) is 0 Å². The van der Waals surface area contributed by atoms with E-state index < -0.39 is 23.4 Å². The Morgan fingerprint density at radius 3 is 2.22 bits per heavy atom. The maximum absolute atomic E-state index is 14.5. The molecule has 1 spiro atoms. The molecule has 1 aliphatic carbocycles. The average Bonchev–Trinajstić information content (AvgIpc) is 3.62. The molecular weight excluding hydrogens is 488 g/mol. The summed E-state index contributed by atoms with van der Waals surface area (Å²) in [6, 6.07) is 22.7. The zero-order valence-electron chi connectivity index (χ0n) is 19.4. The van der Waals surface area contributed by atoms with Crippen molar-refractivity contribution >= 4 is 35.2 Å². The normalized spacial score (nSPS) is 22.7. The number of benzene rings is 3. The summed E-state index contributed by atoms with van der Waals surface area (Å²) in [5.74, 6) is -1.42. The topological polar surface area (TPSA) is 79.9 Å². The van der Waals surface area contributed by atoms with Gasteiger partial charge in [-0.25, -0.2) is 0 Å². The highest BCUT2D eigenvalue weighted by Crippen LogP contribution is 2.64. The first-order chi connectivity index (χ1) is 18.0. The highest BCUT2D eigenvalue weighted by molar-refractivity contribution is 6.32. The molecule has 37 heavy (non-hydrogen) atoms. The molecule has 1 fully saturated rings. The standard InChI is InChI=1S/C30H19ClN2O4/c31-19-13-11-17(12-14-19)26(34)25-24(23-10-5-15-37-23)30(28(35)21-8-3-4-9-22(21)29(30)36)27-20-7-2-1-6-18(20)16-32-33(25)27/h1-16,24-25,27H/t24-,25+,27+/m0/s1. The van der Waals surface area contributed by atoms with Gasteiger partial charge in [-0.3, -0.25) is 19.4 Å². The first-order valence-electron chi connectivity index (χ1n) is 12.0. The minimum Gasteiger partial charge on any atom is -0.469 e. The third kappa shape index (κ3) is 2.82. The maximum Gasteiger partial charge on any atom is 0.187 e. The van der Waals surface area contributed by atoms with Gasteiger partial charge in [0.15, 0.2) is 17.3 Å². The van der Waals surface area contributed by atoms with Crippen LogP contribution in [0.2, 0.25) is 5.02 Å². The number of hydrogen-bond donors (Lipinski definition) is 0. The van der Waals surface area contributed by atoms with Crippen molar-refractivity contribution in [2.24, 2.45) is 10.5 Å². The fourth-order valence-corrected chi connectivity index (χ4v) is 6.46. The largest absolute Gasteiger partial charge is 0.469 e. The van der Waals surface area contributed by atoms with Gasteiger partial charge in [0.05, 0.1) is 24.4 Å². The van der Waals surface area contributed by atoms with Crippen molar-refractivity contribution in [3.8, 4) is 0 Å². The number of hydrogen-bond acceptors (Lipinski definition) is 6. The third-order valence-electron chi connectivity index (χ3n) is 7.82. The number of fused-ring (bicyclic) bond motifs is 5. The van der Waals surface area contributed by atoms with Crippen molar-refractivity contribution in [1.82, 2.24) is 5.01 Å². The minimum absolute atomic E-state index is 0.270. The second-order valence-electron chi connectivity index (χ2n) is 9.54. The fourth-order valence-electron chi connectivity index (χ4n) is 6.34. The van der Waals surface area contributed by atoms with Crippen molar-refractivity contribution in [2.45, 2.75) is 18.0 Å². The van der Waals surface area contributed by atoms with Crippen LogP contribution >= 0.6 is 11.6 Å². The van der Waals surface area contributed by atoms with E-state index in [-0.39, 0.29) is 17.3 Å². The molecule has 0 radical (unpaired) electrons. The van der Waals surface area contributed by atoms with Crippen LogP contribution in [0, 0.1) is 5.41 Å². The Hall–Kier alpha value is -4.29. The van der Waals surface area contributed by atoms with Crippen LogP contribution in [0.1, 0.15) is 59.9 Å². The second-order valence-corrected chi connectivity index (χ2v) is 9.97. The van der Waals surface area contributed by atoms with Crippen molar-refractivity contribution in [3.63, 3.8) is 0 Å². The summed E-state index contributed by atoms with van der Waals surface area (Å²) in [5, 5.41) is 6.85. The number of hydrazone groups is 1. The van der Waals surface area contributed by atoms with Gasteiger partial charge in [-0.1, -0.05) is 60.1 Å². The van der Waals surface area contributed by atoms with Crippen LogP contribution in [0.5, 0.6) is 0 Å². The lowest BCUT2D eigenvalue weighted by molar-refractivity contribution is 0.0579. The van der Waals surface area contributed by atoms with Gasteiger partial charge in [-0.2, -0.15) is 5.10 Å². The molecule has 3 aromatic carbocycles. The lowest BCUT2D eigenvalue weighted by Crippen LogP contribution is -2.43. The number of furan rings is 1. The Morgan fingerprint density at radius 2 is 1.54 bits per heavy atom. The van der Waals surface area contributed by atoms with Crippen molar-refractivity contribution < 1.29 is 18.8 Å². The molecule has 6 nitrogen and oxygen atoms in total. The second kappa shape index (κ2) is 7.85. The van der Waals surface area contributed by atoms with Gasteiger partial charge < -0.3 is 4.42 Å². The van der Waals surface area contributed by atoms with E-state index in [4.69, 9.17) is 21.1 Å². The highest BCUT2D eigenvalue weighted by atomic mass is 35.5. The summed E-state index contributed by atoms with van der Waals surface area (Å²) in [4.78, 5) is 43.2. The van der Waals surface area contributed by atoms with Crippen LogP contribution in [-0.4, -0.2) is 34.6 Å². The van der Waals surface area contributed by atoms with E-state index in [0.29, 0.717) is 27.5 Å². The van der Waals surface area contributed by atoms with E-state index in [1.165, 1.54) is 6.26 Å². The molecular formula is C30H19ClN2O4. The smallest absolute Gasteiger partial charge is 0.187 e. The Bertz CT molecular complexity index is 1590. The summed E-state index contributed by atoms with van der Waals surface area (Å²) in [6.45, 7) is 0. The molecule has 2 aliphatic heterocycles. The highest BCUT2D eigenvalue weighted by Gasteiger charge is 2.73. The van der Waals surface area contributed by atoms with E-state index in [1.54, 1.807) is 71.9 Å². The Balaban J connectivity index is 1.54. The number of halogens is 1. The number of carbonyl (C=O) groups is 3. The zero-order chi connectivity index (χ0) is 25.3. The average molecular weight is 507 g/mol.